The number of rotatable bonds is 3. The van der Waals surface area contributed by atoms with Gasteiger partial charge in [0.05, 0.1) is 12.2 Å². The molecule has 0 amide bonds. The number of hydrogen-bond acceptors (Lipinski definition) is 4. The van der Waals surface area contributed by atoms with Gasteiger partial charge in [-0.25, -0.2) is 19.3 Å². The summed E-state index contributed by atoms with van der Waals surface area (Å²) in [4.78, 5) is 12.4. The summed E-state index contributed by atoms with van der Waals surface area (Å²) in [5, 5.41) is 0.925. The van der Waals surface area contributed by atoms with Crippen molar-refractivity contribution in [3.8, 4) is 11.3 Å². The molecule has 0 atom stereocenters. The molecule has 0 spiro atoms. The molecule has 0 aromatic carbocycles. The van der Waals surface area contributed by atoms with Crippen LogP contribution >= 0.6 is 0 Å². The number of alkyl halides is 1. The molecular formula is C13H12FN5. The molecule has 0 aliphatic carbocycles. The van der Waals surface area contributed by atoms with E-state index in [1.54, 1.807) is 23.0 Å². The lowest BCUT2D eigenvalue weighted by Gasteiger charge is -1.98. The van der Waals surface area contributed by atoms with Crippen molar-refractivity contribution in [2.45, 2.75) is 6.54 Å². The van der Waals surface area contributed by atoms with Gasteiger partial charge in [-0.3, -0.25) is 0 Å². The van der Waals surface area contributed by atoms with Gasteiger partial charge in [-0.15, -0.1) is 0 Å². The van der Waals surface area contributed by atoms with E-state index in [4.69, 9.17) is 5.73 Å². The van der Waals surface area contributed by atoms with E-state index in [0.717, 1.165) is 16.6 Å². The number of aromatic nitrogens is 4. The Hall–Kier alpha value is -2.50. The maximum atomic E-state index is 12.6. The second-order valence-corrected chi connectivity index (χ2v) is 4.10. The standard InChI is InChI=1S/C13H12FN5/c14-4-7-19-8-10(9-2-1-5-16-12(9)19)11-3-6-17-13(15)18-11/h1-3,5-6,8H,4,7H2,(H2,15,17,18). The topological polar surface area (TPSA) is 69.6 Å². The number of anilines is 1. The first-order valence-electron chi connectivity index (χ1n) is 5.88. The third-order valence-electron chi connectivity index (χ3n) is 2.91. The minimum Gasteiger partial charge on any atom is -0.368 e. The Morgan fingerprint density at radius 3 is 2.89 bits per heavy atom. The molecule has 0 radical (unpaired) electrons. The summed E-state index contributed by atoms with van der Waals surface area (Å²) in [5.74, 6) is 0.216. The van der Waals surface area contributed by atoms with Gasteiger partial charge in [0.25, 0.3) is 0 Å². The molecule has 3 aromatic rings. The first kappa shape index (κ1) is 11.6. The van der Waals surface area contributed by atoms with Crippen molar-refractivity contribution in [2.75, 3.05) is 12.4 Å². The summed E-state index contributed by atoms with van der Waals surface area (Å²) < 4.78 is 14.4. The molecule has 0 aliphatic rings. The quantitative estimate of drug-likeness (QED) is 0.779. The summed E-state index contributed by atoms with van der Waals surface area (Å²) >= 11 is 0. The fourth-order valence-electron chi connectivity index (χ4n) is 2.11. The Morgan fingerprint density at radius 1 is 1.21 bits per heavy atom. The number of aryl methyl sites for hydroxylation is 1. The Labute approximate surface area is 108 Å². The van der Waals surface area contributed by atoms with Crippen LogP contribution < -0.4 is 5.73 Å². The van der Waals surface area contributed by atoms with Crippen LogP contribution in [0.4, 0.5) is 10.3 Å². The van der Waals surface area contributed by atoms with Gasteiger partial charge >= 0.3 is 0 Å². The van der Waals surface area contributed by atoms with E-state index >= 15 is 0 Å². The molecule has 6 heteroatoms. The molecule has 0 fully saturated rings. The Bertz CT molecular complexity index is 722. The molecule has 2 N–H and O–H groups in total. The van der Waals surface area contributed by atoms with Gasteiger partial charge < -0.3 is 10.3 Å². The monoisotopic (exact) mass is 257 g/mol. The van der Waals surface area contributed by atoms with Gasteiger partial charge in [0.2, 0.25) is 5.95 Å². The predicted octanol–water partition coefficient (Wildman–Crippen LogP) is 2.04. The number of nitrogen functional groups attached to an aromatic ring is 1. The number of nitrogens with zero attached hydrogens (tertiary/aromatic N) is 4. The average molecular weight is 257 g/mol. The highest BCUT2D eigenvalue weighted by Gasteiger charge is 2.12. The number of nitrogens with two attached hydrogens (primary N) is 1. The van der Waals surface area contributed by atoms with Crippen molar-refractivity contribution < 1.29 is 4.39 Å². The smallest absolute Gasteiger partial charge is 0.220 e. The van der Waals surface area contributed by atoms with Crippen molar-refractivity contribution in [3.05, 3.63) is 36.8 Å². The second kappa shape index (κ2) is 4.64. The predicted molar refractivity (Wildman–Crippen MR) is 71.1 cm³/mol. The minimum atomic E-state index is -0.439. The highest BCUT2D eigenvalue weighted by Crippen LogP contribution is 2.28. The summed E-state index contributed by atoms with van der Waals surface area (Å²) in [6, 6.07) is 5.55. The van der Waals surface area contributed by atoms with Gasteiger partial charge in [0.1, 0.15) is 12.3 Å². The van der Waals surface area contributed by atoms with Crippen LogP contribution in [0, 0.1) is 0 Å². The summed E-state index contributed by atoms with van der Waals surface area (Å²) in [5.41, 5.74) is 7.94. The van der Waals surface area contributed by atoms with E-state index in [1.165, 1.54) is 0 Å². The van der Waals surface area contributed by atoms with Gasteiger partial charge in [0.15, 0.2) is 0 Å². The maximum Gasteiger partial charge on any atom is 0.220 e. The van der Waals surface area contributed by atoms with Gasteiger partial charge in [-0.2, -0.15) is 0 Å². The fraction of sp³-hybridized carbons (Fsp3) is 0.154. The molecule has 0 saturated heterocycles. The van der Waals surface area contributed by atoms with Crippen LogP contribution in [0.1, 0.15) is 0 Å². The van der Waals surface area contributed by atoms with E-state index in [-0.39, 0.29) is 12.5 Å². The van der Waals surface area contributed by atoms with Crippen molar-refractivity contribution in [1.29, 1.82) is 0 Å². The lowest BCUT2D eigenvalue weighted by atomic mass is 10.1. The van der Waals surface area contributed by atoms with Crippen molar-refractivity contribution in [2.24, 2.45) is 0 Å². The summed E-state index contributed by atoms with van der Waals surface area (Å²) in [6.07, 6.45) is 5.14. The van der Waals surface area contributed by atoms with Gasteiger partial charge in [-0.1, -0.05) is 0 Å². The third kappa shape index (κ3) is 2.01. The van der Waals surface area contributed by atoms with E-state index in [0.29, 0.717) is 5.69 Å². The average Bonchev–Trinajstić information content (AvgIpc) is 2.79. The number of halogens is 1. The van der Waals surface area contributed by atoms with Crippen molar-refractivity contribution >= 4 is 17.0 Å². The molecular weight excluding hydrogens is 245 g/mol. The molecule has 5 nitrogen and oxygen atoms in total. The van der Waals surface area contributed by atoms with Gasteiger partial charge in [0, 0.05) is 29.5 Å². The molecule has 19 heavy (non-hydrogen) atoms. The molecule has 0 bridgehead atoms. The second-order valence-electron chi connectivity index (χ2n) is 4.10. The zero-order valence-electron chi connectivity index (χ0n) is 10.1. The normalized spacial score (nSPS) is 11.0. The SMILES string of the molecule is Nc1nccc(-c2cn(CCF)c3ncccc23)n1. The van der Waals surface area contributed by atoms with Crippen LogP contribution in [0.5, 0.6) is 0 Å². The van der Waals surface area contributed by atoms with Crippen LogP contribution in [0.2, 0.25) is 0 Å². The largest absolute Gasteiger partial charge is 0.368 e. The zero-order valence-corrected chi connectivity index (χ0v) is 10.1. The lowest BCUT2D eigenvalue weighted by Crippen LogP contribution is -1.98. The van der Waals surface area contributed by atoms with Crippen LogP contribution in [0.25, 0.3) is 22.3 Å². The van der Waals surface area contributed by atoms with Gasteiger partial charge in [-0.05, 0) is 18.2 Å². The molecule has 3 heterocycles. The maximum absolute atomic E-state index is 12.6. The summed E-state index contributed by atoms with van der Waals surface area (Å²) in [7, 11) is 0. The van der Waals surface area contributed by atoms with Crippen molar-refractivity contribution in [3.63, 3.8) is 0 Å². The number of pyridine rings is 1. The molecule has 3 rings (SSSR count). The van der Waals surface area contributed by atoms with E-state index in [2.05, 4.69) is 15.0 Å². The van der Waals surface area contributed by atoms with Crippen LogP contribution in [-0.4, -0.2) is 26.2 Å². The Morgan fingerprint density at radius 2 is 2.11 bits per heavy atom. The van der Waals surface area contributed by atoms with E-state index < -0.39 is 6.67 Å². The Kier molecular flexibility index (Phi) is 2.83. The van der Waals surface area contributed by atoms with E-state index in [9.17, 15) is 4.39 Å². The minimum absolute atomic E-state index is 0.216. The molecule has 0 aliphatic heterocycles. The third-order valence-corrected chi connectivity index (χ3v) is 2.91. The summed E-state index contributed by atoms with van der Waals surface area (Å²) in [6.45, 7) is -0.167. The highest BCUT2D eigenvalue weighted by atomic mass is 19.1. The zero-order chi connectivity index (χ0) is 13.2. The van der Waals surface area contributed by atoms with E-state index in [1.807, 2.05) is 18.3 Å². The fourth-order valence-corrected chi connectivity index (χ4v) is 2.11. The van der Waals surface area contributed by atoms with Crippen LogP contribution in [0.15, 0.2) is 36.8 Å². The lowest BCUT2D eigenvalue weighted by molar-refractivity contribution is 0.450. The number of fused-ring (bicyclic) bond motifs is 1. The first-order chi connectivity index (χ1) is 9.29. The molecule has 0 unspecified atom stereocenters. The van der Waals surface area contributed by atoms with Crippen LogP contribution in [0.3, 0.4) is 0 Å². The highest BCUT2D eigenvalue weighted by molar-refractivity contribution is 5.93. The molecule has 96 valence electrons. The number of hydrogen-bond donors (Lipinski definition) is 1. The first-order valence-corrected chi connectivity index (χ1v) is 5.88. The Balaban J connectivity index is 2.23. The molecule has 0 saturated carbocycles. The molecule has 3 aromatic heterocycles. The van der Waals surface area contributed by atoms with Crippen molar-refractivity contribution in [1.82, 2.24) is 19.5 Å². The van der Waals surface area contributed by atoms with Crippen LogP contribution in [-0.2, 0) is 6.54 Å².